The van der Waals surface area contributed by atoms with Crippen molar-refractivity contribution in [3.63, 3.8) is 0 Å². The summed E-state index contributed by atoms with van der Waals surface area (Å²) in [4.78, 5) is 0. The van der Waals surface area contributed by atoms with Crippen LogP contribution in [-0.4, -0.2) is 0 Å². The smallest absolute Gasteiger partial charge is 0.216 e. The molecule has 0 radical (unpaired) electrons. The molecule has 0 N–H and O–H groups in total. The zero-order valence-electron chi connectivity index (χ0n) is 19.7. The Morgan fingerprint density at radius 3 is 2.09 bits per heavy atom. The molecule has 0 saturated heterocycles. The molecule has 34 heavy (non-hydrogen) atoms. The number of aryl methyl sites for hydroxylation is 3. The van der Waals surface area contributed by atoms with Crippen molar-refractivity contribution in [1.29, 1.82) is 0 Å². The van der Waals surface area contributed by atoms with Crippen molar-refractivity contribution in [2.24, 2.45) is 7.05 Å². The molecule has 0 amide bonds. The third kappa shape index (κ3) is 3.31. The van der Waals surface area contributed by atoms with Crippen LogP contribution in [-0.2, 0) is 7.05 Å². The minimum Gasteiger partial charge on any atom is -0.454 e. The van der Waals surface area contributed by atoms with Crippen LogP contribution in [0.5, 0.6) is 0 Å². The van der Waals surface area contributed by atoms with Crippen molar-refractivity contribution in [2.75, 3.05) is 0 Å². The zero-order chi connectivity index (χ0) is 23.2. The lowest BCUT2D eigenvalue weighted by Gasteiger charge is -2.07. The first-order chi connectivity index (χ1) is 16.6. The molecule has 0 bridgehead atoms. The molecule has 0 saturated carbocycles. The van der Waals surface area contributed by atoms with Crippen LogP contribution in [0.4, 0.5) is 0 Å². The predicted molar refractivity (Wildman–Crippen MR) is 141 cm³/mol. The highest BCUT2D eigenvalue weighted by atomic mass is 16.3. The molecule has 0 atom stereocenters. The second-order valence-electron chi connectivity index (χ2n) is 9.07. The Hall–Kier alpha value is -4.17. The number of rotatable bonds is 3. The van der Waals surface area contributed by atoms with E-state index in [4.69, 9.17) is 4.42 Å². The largest absolute Gasteiger partial charge is 0.454 e. The van der Waals surface area contributed by atoms with E-state index in [9.17, 15) is 0 Å². The van der Waals surface area contributed by atoms with Gasteiger partial charge in [0.05, 0.1) is 5.56 Å². The predicted octanol–water partition coefficient (Wildman–Crippen LogP) is 8.03. The van der Waals surface area contributed by atoms with E-state index in [1.807, 2.05) is 6.07 Å². The molecule has 0 aliphatic heterocycles. The summed E-state index contributed by atoms with van der Waals surface area (Å²) in [5.41, 5.74) is 11.4. The first-order valence-electron chi connectivity index (χ1n) is 11.7. The van der Waals surface area contributed by atoms with E-state index < -0.39 is 0 Å². The Kier molecular flexibility index (Phi) is 4.81. The van der Waals surface area contributed by atoms with Crippen LogP contribution in [0.2, 0.25) is 0 Å². The molecule has 2 heteroatoms. The first-order valence-corrected chi connectivity index (χ1v) is 11.7. The lowest BCUT2D eigenvalue weighted by molar-refractivity contribution is -0.660. The minimum atomic E-state index is 0.943. The normalized spacial score (nSPS) is 11.4. The Bertz CT molecular complexity index is 1660. The summed E-state index contributed by atoms with van der Waals surface area (Å²) < 4.78 is 8.87. The fraction of sp³-hybridized carbons (Fsp3) is 0.0938. The number of aromatic nitrogens is 1. The van der Waals surface area contributed by atoms with Gasteiger partial charge in [0.15, 0.2) is 6.20 Å². The third-order valence-corrected chi connectivity index (χ3v) is 6.71. The molecule has 0 aliphatic rings. The van der Waals surface area contributed by atoms with Gasteiger partial charge in [-0.3, -0.25) is 0 Å². The third-order valence-electron chi connectivity index (χ3n) is 6.71. The fourth-order valence-corrected chi connectivity index (χ4v) is 4.97. The molecule has 2 heterocycles. The number of pyridine rings is 1. The standard InChI is InChI=1S/C32H26NO/c1-21-19-27(25-15-13-24(14-16-25)23-9-5-4-6-10-23)31-28(20-21)26-17-12-22(2)30(32(26)34-31)29-11-7-8-18-33(29)3/h4-20H,1-3H3/q+1. The molecule has 6 aromatic rings. The number of hydrogen-bond acceptors (Lipinski definition) is 1. The summed E-state index contributed by atoms with van der Waals surface area (Å²) in [6, 6.07) is 34.5. The highest BCUT2D eigenvalue weighted by Crippen LogP contribution is 2.41. The SMILES string of the molecule is Cc1cc(-c2ccc(-c3ccccc3)cc2)c2oc3c(-c4cccc[n+]4C)c(C)ccc3c2c1. The topological polar surface area (TPSA) is 17.0 Å². The molecule has 6 rings (SSSR count). The van der Waals surface area contributed by atoms with Gasteiger partial charge < -0.3 is 4.42 Å². The average molecular weight is 441 g/mol. The molecule has 2 nitrogen and oxygen atoms in total. The Morgan fingerprint density at radius 1 is 0.618 bits per heavy atom. The molecular weight excluding hydrogens is 414 g/mol. The maximum atomic E-state index is 6.72. The van der Waals surface area contributed by atoms with Crippen molar-refractivity contribution in [3.8, 4) is 33.5 Å². The van der Waals surface area contributed by atoms with Gasteiger partial charge in [0.1, 0.15) is 18.2 Å². The molecule has 0 aliphatic carbocycles. The first kappa shape index (κ1) is 20.4. The molecule has 0 unspecified atom stereocenters. The highest BCUT2D eigenvalue weighted by Gasteiger charge is 2.21. The van der Waals surface area contributed by atoms with Gasteiger partial charge in [0.2, 0.25) is 5.69 Å². The van der Waals surface area contributed by atoms with Crippen molar-refractivity contribution in [3.05, 3.63) is 114 Å². The molecule has 164 valence electrons. The number of benzene rings is 4. The number of fused-ring (bicyclic) bond motifs is 3. The zero-order valence-corrected chi connectivity index (χ0v) is 19.7. The summed E-state index contributed by atoms with van der Waals surface area (Å²) in [7, 11) is 2.08. The molecule has 2 aromatic heterocycles. The Balaban J connectivity index is 1.58. The van der Waals surface area contributed by atoms with Gasteiger partial charge in [0, 0.05) is 28.5 Å². The van der Waals surface area contributed by atoms with Crippen LogP contribution in [0.3, 0.4) is 0 Å². The van der Waals surface area contributed by atoms with E-state index in [0.717, 1.165) is 44.3 Å². The van der Waals surface area contributed by atoms with E-state index in [0.29, 0.717) is 0 Å². The van der Waals surface area contributed by atoms with E-state index in [2.05, 4.69) is 123 Å². The van der Waals surface area contributed by atoms with Crippen molar-refractivity contribution in [2.45, 2.75) is 13.8 Å². The summed E-state index contributed by atoms with van der Waals surface area (Å²) in [6.45, 7) is 4.32. The van der Waals surface area contributed by atoms with E-state index in [-0.39, 0.29) is 0 Å². The Labute approximate surface area is 199 Å². The van der Waals surface area contributed by atoms with Crippen LogP contribution >= 0.6 is 0 Å². The second-order valence-corrected chi connectivity index (χ2v) is 9.07. The van der Waals surface area contributed by atoms with Gasteiger partial charge in [0.25, 0.3) is 0 Å². The van der Waals surface area contributed by atoms with Crippen LogP contribution in [0.25, 0.3) is 55.4 Å². The van der Waals surface area contributed by atoms with Crippen molar-refractivity contribution >= 4 is 21.9 Å². The average Bonchev–Trinajstić information content (AvgIpc) is 3.23. The molecule has 0 fully saturated rings. The van der Waals surface area contributed by atoms with Gasteiger partial charge in [-0.15, -0.1) is 0 Å². The van der Waals surface area contributed by atoms with Crippen molar-refractivity contribution in [1.82, 2.24) is 0 Å². The molecule has 4 aromatic carbocycles. The quantitative estimate of drug-likeness (QED) is 0.255. The van der Waals surface area contributed by atoms with Crippen LogP contribution < -0.4 is 4.57 Å². The summed E-state index contributed by atoms with van der Waals surface area (Å²) in [5, 5.41) is 2.32. The van der Waals surface area contributed by atoms with E-state index >= 15 is 0 Å². The number of nitrogens with zero attached hydrogens (tertiary/aromatic N) is 1. The molecule has 0 spiro atoms. The summed E-state index contributed by atoms with van der Waals surface area (Å²) in [6.07, 6.45) is 2.08. The van der Waals surface area contributed by atoms with Crippen LogP contribution in [0, 0.1) is 13.8 Å². The van der Waals surface area contributed by atoms with Gasteiger partial charge in [-0.2, -0.15) is 0 Å². The van der Waals surface area contributed by atoms with Crippen molar-refractivity contribution < 1.29 is 8.98 Å². The minimum absolute atomic E-state index is 0.943. The van der Waals surface area contributed by atoms with Crippen LogP contribution in [0.15, 0.2) is 108 Å². The van der Waals surface area contributed by atoms with Gasteiger partial charge in [-0.25, -0.2) is 4.57 Å². The summed E-state index contributed by atoms with van der Waals surface area (Å²) >= 11 is 0. The lowest BCUT2D eigenvalue weighted by atomic mass is 9.96. The molecular formula is C32H26NO+. The summed E-state index contributed by atoms with van der Waals surface area (Å²) in [5.74, 6) is 0. The number of hydrogen-bond donors (Lipinski definition) is 0. The number of furan rings is 1. The van der Waals surface area contributed by atoms with E-state index in [1.54, 1.807) is 0 Å². The highest BCUT2D eigenvalue weighted by molar-refractivity contribution is 6.13. The maximum absolute atomic E-state index is 6.72. The lowest BCUT2D eigenvalue weighted by Crippen LogP contribution is -2.30. The second kappa shape index (κ2) is 8.00. The Morgan fingerprint density at radius 2 is 1.32 bits per heavy atom. The fourth-order valence-electron chi connectivity index (χ4n) is 4.97. The van der Waals surface area contributed by atoms with E-state index in [1.165, 1.54) is 22.3 Å². The van der Waals surface area contributed by atoms with Gasteiger partial charge in [-0.05, 0) is 59.9 Å². The maximum Gasteiger partial charge on any atom is 0.216 e. The van der Waals surface area contributed by atoms with Gasteiger partial charge in [-0.1, -0.05) is 66.7 Å². The van der Waals surface area contributed by atoms with Gasteiger partial charge >= 0.3 is 0 Å². The monoisotopic (exact) mass is 440 g/mol. The van der Waals surface area contributed by atoms with Crippen LogP contribution in [0.1, 0.15) is 11.1 Å².